The Hall–Kier alpha value is -4.10. The van der Waals surface area contributed by atoms with E-state index in [-0.39, 0.29) is 29.1 Å². The Bertz CT molecular complexity index is 1430. The highest BCUT2D eigenvalue weighted by Crippen LogP contribution is 2.43. The number of halogens is 1. The van der Waals surface area contributed by atoms with Crippen LogP contribution in [0.25, 0.3) is 5.76 Å². The number of ether oxygens (including phenoxy) is 2. The van der Waals surface area contributed by atoms with Crippen LogP contribution in [0.3, 0.4) is 0 Å². The third-order valence-corrected chi connectivity index (χ3v) is 6.42. The van der Waals surface area contributed by atoms with E-state index in [0.29, 0.717) is 35.1 Å². The van der Waals surface area contributed by atoms with E-state index >= 15 is 0 Å². The molecule has 1 saturated heterocycles. The van der Waals surface area contributed by atoms with Gasteiger partial charge in [0.1, 0.15) is 11.5 Å². The van der Waals surface area contributed by atoms with Gasteiger partial charge in [0.05, 0.1) is 35.4 Å². The van der Waals surface area contributed by atoms with Crippen LogP contribution in [0.2, 0.25) is 5.02 Å². The molecule has 1 heterocycles. The maximum atomic E-state index is 13.5. The van der Waals surface area contributed by atoms with Gasteiger partial charge in [0.25, 0.3) is 11.7 Å². The molecule has 0 bridgehead atoms. The van der Waals surface area contributed by atoms with Gasteiger partial charge in [-0.2, -0.15) is 0 Å². The van der Waals surface area contributed by atoms with Crippen molar-refractivity contribution >= 4 is 40.7 Å². The third-order valence-electron chi connectivity index (χ3n) is 6.10. The predicted octanol–water partition coefficient (Wildman–Crippen LogP) is 6.24. The molecule has 8 heteroatoms. The molecular weight excluding hydrogens is 506 g/mol. The van der Waals surface area contributed by atoms with Gasteiger partial charge in [0.2, 0.25) is 0 Å². The van der Waals surface area contributed by atoms with Crippen LogP contribution in [0, 0.1) is 6.92 Å². The van der Waals surface area contributed by atoms with E-state index in [4.69, 9.17) is 21.1 Å². The molecule has 1 atom stereocenters. The number of aliphatic hydroxyl groups excluding tert-OH is 1. The SMILES string of the molecule is CCCOC(=O)c1cccc(N2C(=O)C(=O)/C(=C(/O)c3ccc(Cl)c(OCC)c3)C2c2cccc(C)c2)c1. The molecule has 1 aliphatic rings. The summed E-state index contributed by atoms with van der Waals surface area (Å²) in [5.74, 6) is -2.20. The highest BCUT2D eigenvalue weighted by Gasteiger charge is 2.47. The zero-order valence-corrected chi connectivity index (χ0v) is 22.1. The Kier molecular flexibility index (Phi) is 8.17. The number of carbonyl (C=O) groups excluding carboxylic acids is 3. The summed E-state index contributed by atoms with van der Waals surface area (Å²) in [7, 11) is 0. The van der Waals surface area contributed by atoms with Crippen LogP contribution in [-0.4, -0.2) is 36.0 Å². The number of anilines is 1. The molecule has 0 spiro atoms. The summed E-state index contributed by atoms with van der Waals surface area (Å²) >= 11 is 6.22. The number of hydrogen-bond donors (Lipinski definition) is 1. The number of carbonyl (C=O) groups is 3. The van der Waals surface area contributed by atoms with E-state index < -0.39 is 23.7 Å². The monoisotopic (exact) mass is 533 g/mol. The van der Waals surface area contributed by atoms with Crippen LogP contribution in [0.4, 0.5) is 5.69 Å². The molecule has 1 N–H and O–H groups in total. The van der Waals surface area contributed by atoms with E-state index in [0.717, 1.165) is 5.56 Å². The van der Waals surface area contributed by atoms with Crippen LogP contribution in [0.1, 0.15) is 53.4 Å². The number of Topliss-reactive ketones (excluding diaryl/α,β-unsaturated/α-hetero) is 1. The minimum atomic E-state index is -0.942. The molecule has 1 fully saturated rings. The first kappa shape index (κ1) is 26.9. The van der Waals surface area contributed by atoms with E-state index in [1.54, 1.807) is 43.3 Å². The summed E-state index contributed by atoms with van der Waals surface area (Å²) < 4.78 is 10.8. The predicted molar refractivity (Wildman–Crippen MR) is 146 cm³/mol. The molecular formula is C30H28ClNO6. The largest absolute Gasteiger partial charge is 0.507 e. The van der Waals surface area contributed by atoms with Gasteiger partial charge in [-0.3, -0.25) is 14.5 Å². The maximum Gasteiger partial charge on any atom is 0.338 e. The van der Waals surface area contributed by atoms with Crippen molar-refractivity contribution in [2.24, 2.45) is 0 Å². The molecule has 1 unspecified atom stereocenters. The Balaban J connectivity index is 1.89. The zero-order valence-electron chi connectivity index (χ0n) is 21.4. The van der Waals surface area contributed by atoms with Crippen molar-refractivity contribution in [1.82, 2.24) is 0 Å². The van der Waals surface area contributed by atoms with E-state index in [9.17, 15) is 19.5 Å². The quantitative estimate of drug-likeness (QED) is 0.159. The lowest BCUT2D eigenvalue weighted by atomic mass is 9.94. The number of esters is 1. The second-order valence-electron chi connectivity index (χ2n) is 8.85. The lowest BCUT2D eigenvalue weighted by molar-refractivity contribution is -0.132. The summed E-state index contributed by atoms with van der Waals surface area (Å²) in [4.78, 5) is 40.7. The van der Waals surface area contributed by atoms with Gasteiger partial charge in [0, 0.05) is 11.3 Å². The first-order valence-corrected chi connectivity index (χ1v) is 12.7. The molecule has 3 aromatic rings. The number of aliphatic hydroxyl groups is 1. The van der Waals surface area contributed by atoms with Crippen molar-refractivity contribution in [1.29, 1.82) is 0 Å². The van der Waals surface area contributed by atoms with E-state index in [2.05, 4.69) is 0 Å². The fourth-order valence-electron chi connectivity index (χ4n) is 4.39. The minimum absolute atomic E-state index is 0.0793. The van der Waals surface area contributed by atoms with Crippen molar-refractivity contribution in [2.75, 3.05) is 18.1 Å². The Morgan fingerprint density at radius 3 is 2.47 bits per heavy atom. The number of hydrogen-bond acceptors (Lipinski definition) is 6. The van der Waals surface area contributed by atoms with Crippen LogP contribution in [-0.2, 0) is 14.3 Å². The lowest BCUT2D eigenvalue weighted by Crippen LogP contribution is -2.29. The summed E-state index contributed by atoms with van der Waals surface area (Å²) in [6, 6.07) is 17.4. The maximum absolute atomic E-state index is 13.5. The lowest BCUT2D eigenvalue weighted by Gasteiger charge is -2.26. The highest BCUT2D eigenvalue weighted by molar-refractivity contribution is 6.51. The van der Waals surface area contributed by atoms with Gasteiger partial charge in [0.15, 0.2) is 0 Å². The van der Waals surface area contributed by atoms with Gasteiger partial charge in [-0.05, 0) is 62.2 Å². The van der Waals surface area contributed by atoms with Gasteiger partial charge >= 0.3 is 5.97 Å². The highest BCUT2D eigenvalue weighted by atomic mass is 35.5. The minimum Gasteiger partial charge on any atom is -0.507 e. The Morgan fingerprint density at radius 1 is 1.00 bits per heavy atom. The van der Waals surface area contributed by atoms with Crippen LogP contribution >= 0.6 is 11.6 Å². The summed E-state index contributed by atoms with van der Waals surface area (Å²) in [6.07, 6.45) is 0.670. The molecule has 38 heavy (non-hydrogen) atoms. The van der Waals surface area contributed by atoms with Crippen molar-refractivity contribution in [3.8, 4) is 5.75 Å². The Morgan fingerprint density at radius 2 is 1.76 bits per heavy atom. The fraction of sp³-hybridized carbons (Fsp3) is 0.233. The van der Waals surface area contributed by atoms with Crippen molar-refractivity contribution < 1.29 is 29.0 Å². The van der Waals surface area contributed by atoms with Crippen LogP contribution in [0.15, 0.2) is 72.3 Å². The molecule has 1 aliphatic heterocycles. The van der Waals surface area contributed by atoms with Crippen LogP contribution < -0.4 is 9.64 Å². The number of benzene rings is 3. The van der Waals surface area contributed by atoms with Gasteiger partial charge in [-0.25, -0.2) is 4.79 Å². The van der Waals surface area contributed by atoms with Crippen molar-refractivity contribution in [2.45, 2.75) is 33.2 Å². The molecule has 0 radical (unpaired) electrons. The number of amides is 1. The van der Waals surface area contributed by atoms with Gasteiger partial charge in [-0.1, -0.05) is 54.4 Å². The molecule has 1 amide bonds. The third kappa shape index (κ3) is 5.29. The topological polar surface area (TPSA) is 93.1 Å². The smallest absolute Gasteiger partial charge is 0.338 e. The summed E-state index contributed by atoms with van der Waals surface area (Å²) in [6.45, 7) is 6.21. The fourth-order valence-corrected chi connectivity index (χ4v) is 4.56. The van der Waals surface area contributed by atoms with E-state index in [1.165, 1.54) is 17.0 Å². The number of rotatable bonds is 8. The molecule has 0 aromatic heterocycles. The standard InChI is InChI=1S/C30H28ClNO6/c1-4-14-38-30(36)21-10-7-11-22(16-21)32-26(19-9-6-8-18(3)15-19)25(28(34)29(32)35)27(33)20-12-13-23(31)24(17-20)37-5-2/h6-13,15-17,26,33H,4-5,14H2,1-3H3/b27-25+. The van der Waals surface area contributed by atoms with Crippen molar-refractivity contribution in [3.05, 3.63) is 99.6 Å². The first-order valence-electron chi connectivity index (χ1n) is 12.3. The Labute approximate surface area is 226 Å². The molecule has 0 aliphatic carbocycles. The molecule has 0 saturated carbocycles. The summed E-state index contributed by atoms with van der Waals surface area (Å²) in [5.41, 5.74) is 2.32. The first-order chi connectivity index (χ1) is 18.3. The average molecular weight is 534 g/mol. The molecule has 4 rings (SSSR count). The zero-order chi connectivity index (χ0) is 27.4. The number of ketones is 1. The summed E-state index contributed by atoms with van der Waals surface area (Å²) in [5, 5.41) is 11.8. The van der Waals surface area contributed by atoms with E-state index in [1.807, 2.05) is 32.0 Å². The molecule has 3 aromatic carbocycles. The number of aryl methyl sites for hydroxylation is 1. The number of nitrogens with zero attached hydrogens (tertiary/aromatic N) is 1. The average Bonchev–Trinajstić information content (AvgIpc) is 3.18. The molecule has 196 valence electrons. The van der Waals surface area contributed by atoms with Gasteiger partial charge in [-0.15, -0.1) is 0 Å². The van der Waals surface area contributed by atoms with Crippen LogP contribution in [0.5, 0.6) is 5.75 Å². The second-order valence-corrected chi connectivity index (χ2v) is 9.25. The van der Waals surface area contributed by atoms with Crippen molar-refractivity contribution in [3.63, 3.8) is 0 Å². The van der Waals surface area contributed by atoms with Gasteiger partial charge < -0.3 is 14.6 Å². The second kappa shape index (κ2) is 11.5. The normalized spacial score (nSPS) is 16.5. The molecule has 7 nitrogen and oxygen atoms in total.